The highest BCUT2D eigenvalue weighted by atomic mass is 16.2. The molecule has 0 aliphatic heterocycles. The van der Waals surface area contributed by atoms with Gasteiger partial charge in [-0.15, -0.1) is 0 Å². The molecule has 0 aliphatic carbocycles. The highest BCUT2D eigenvalue weighted by molar-refractivity contribution is 6.15. The van der Waals surface area contributed by atoms with Crippen LogP contribution in [0.4, 0.5) is 0 Å². The van der Waals surface area contributed by atoms with Crippen LogP contribution in [0.1, 0.15) is 41.0 Å². The van der Waals surface area contributed by atoms with Gasteiger partial charge in [-0.3, -0.25) is 14.4 Å². The molecule has 134 valence electrons. The van der Waals surface area contributed by atoms with Crippen LogP contribution < -0.4 is 10.6 Å². The molecule has 2 amide bonds. The summed E-state index contributed by atoms with van der Waals surface area (Å²) in [4.78, 5) is 37.7. The molecule has 0 aromatic heterocycles. The number of hydrogen-bond acceptors (Lipinski definition) is 3. The Bertz CT molecular complexity index is 812. The topological polar surface area (TPSA) is 75.3 Å². The lowest BCUT2D eigenvalue weighted by Gasteiger charge is -2.13. The summed E-state index contributed by atoms with van der Waals surface area (Å²) in [5.74, 6) is -1.22. The van der Waals surface area contributed by atoms with Crippen molar-refractivity contribution >= 4 is 17.6 Å². The van der Waals surface area contributed by atoms with E-state index in [9.17, 15) is 14.4 Å². The first-order valence-electron chi connectivity index (χ1n) is 8.49. The summed E-state index contributed by atoms with van der Waals surface area (Å²) in [6.45, 7) is 3.97. The van der Waals surface area contributed by atoms with E-state index < -0.39 is 11.7 Å². The Morgan fingerprint density at radius 3 is 1.92 bits per heavy atom. The smallest absolute Gasteiger partial charge is 0.255 e. The van der Waals surface area contributed by atoms with Gasteiger partial charge >= 0.3 is 0 Å². The lowest BCUT2D eigenvalue weighted by atomic mass is 10.0. The van der Waals surface area contributed by atoms with Crippen molar-refractivity contribution in [3.8, 4) is 0 Å². The average molecular weight is 350 g/mol. The fourth-order valence-electron chi connectivity index (χ4n) is 2.31. The van der Waals surface area contributed by atoms with Crippen molar-refractivity contribution in [3.63, 3.8) is 0 Å². The standard InChI is InChI=1S/C21H22N2O3/c1-3-14-22-20(25)15(2)18(19(24)16-10-6-4-7-11-16)23-21(26)17-12-8-5-9-13-17/h4-13H,3,14H2,1-2H3,(H,22,25)(H,23,26)/b18-15-. The van der Waals surface area contributed by atoms with E-state index in [0.717, 1.165) is 6.42 Å². The number of carbonyl (C=O) groups is 3. The van der Waals surface area contributed by atoms with E-state index >= 15 is 0 Å². The molecule has 0 saturated heterocycles. The largest absolute Gasteiger partial charge is 0.352 e. The van der Waals surface area contributed by atoms with Gasteiger partial charge in [-0.25, -0.2) is 0 Å². The van der Waals surface area contributed by atoms with Crippen LogP contribution in [0.15, 0.2) is 71.9 Å². The summed E-state index contributed by atoms with van der Waals surface area (Å²) in [5.41, 5.74) is 0.973. The summed E-state index contributed by atoms with van der Waals surface area (Å²) in [6.07, 6.45) is 0.775. The molecule has 0 fully saturated rings. The molecule has 5 nitrogen and oxygen atoms in total. The highest BCUT2D eigenvalue weighted by Crippen LogP contribution is 2.12. The van der Waals surface area contributed by atoms with Crippen molar-refractivity contribution in [2.24, 2.45) is 0 Å². The second-order valence-electron chi connectivity index (χ2n) is 5.77. The number of nitrogens with one attached hydrogen (secondary N) is 2. The summed E-state index contributed by atoms with van der Waals surface area (Å²) in [7, 11) is 0. The summed E-state index contributed by atoms with van der Waals surface area (Å²) < 4.78 is 0. The Kier molecular flexibility index (Phi) is 6.85. The van der Waals surface area contributed by atoms with E-state index in [1.165, 1.54) is 6.92 Å². The van der Waals surface area contributed by atoms with Crippen LogP contribution in [-0.4, -0.2) is 24.1 Å². The van der Waals surface area contributed by atoms with Crippen LogP contribution >= 0.6 is 0 Å². The quantitative estimate of drug-likeness (QED) is 0.595. The minimum atomic E-state index is -0.437. The molecule has 0 aliphatic rings. The zero-order valence-corrected chi connectivity index (χ0v) is 14.9. The summed E-state index contributed by atoms with van der Waals surface area (Å²) >= 11 is 0. The number of hydrogen-bond donors (Lipinski definition) is 2. The number of benzene rings is 2. The van der Waals surface area contributed by atoms with E-state index in [2.05, 4.69) is 10.6 Å². The molecule has 0 bridgehead atoms. The maximum absolute atomic E-state index is 12.9. The fraction of sp³-hybridized carbons (Fsp3) is 0.190. The van der Waals surface area contributed by atoms with E-state index in [1.807, 2.05) is 6.92 Å². The van der Waals surface area contributed by atoms with Crippen molar-refractivity contribution in [2.45, 2.75) is 20.3 Å². The first kappa shape index (κ1) is 19.1. The van der Waals surface area contributed by atoms with Crippen LogP contribution in [0, 0.1) is 0 Å². The first-order chi connectivity index (χ1) is 12.5. The van der Waals surface area contributed by atoms with Gasteiger partial charge < -0.3 is 10.6 Å². The molecule has 0 spiro atoms. The number of Topliss-reactive ketones (excluding diaryl/α,β-unsaturated/α-hetero) is 1. The third kappa shape index (κ3) is 4.89. The van der Waals surface area contributed by atoms with E-state index in [1.54, 1.807) is 60.7 Å². The lowest BCUT2D eigenvalue weighted by molar-refractivity contribution is -0.117. The van der Waals surface area contributed by atoms with Gasteiger partial charge in [0.1, 0.15) is 0 Å². The van der Waals surface area contributed by atoms with Gasteiger partial charge in [0, 0.05) is 23.2 Å². The molecule has 5 heteroatoms. The van der Waals surface area contributed by atoms with Crippen molar-refractivity contribution in [3.05, 3.63) is 83.1 Å². The SMILES string of the molecule is CCCNC(=O)/C(C)=C(\NC(=O)c1ccccc1)C(=O)c1ccccc1. The molecule has 2 N–H and O–H groups in total. The molecule has 0 atom stereocenters. The van der Waals surface area contributed by atoms with Gasteiger partial charge in [0.15, 0.2) is 0 Å². The third-order valence-electron chi connectivity index (χ3n) is 3.79. The maximum Gasteiger partial charge on any atom is 0.255 e. The number of carbonyl (C=O) groups excluding carboxylic acids is 3. The predicted octanol–water partition coefficient (Wildman–Crippen LogP) is 3.10. The number of amides is 2. The van der Waals surface area contributed by atoms with Crippen LogP contribution in [0.2, 0.25) is 0 Å². The zero-order chi connectivity index (χ0) is 18.9. The number of allylic oxidation sites excluding steroid dienone is 1. The molecule has 0 heterocycles. The number of ketones is 1. The molecule has 2 rings (SSSR count). The fourth-order valence-corrected chi connectivity index (χ4v) is 2.31. The van der Waals surface area contributed by atoms with Crippen LogP contribution in [-0.2, 0) is 4.79 Å². The normalized spacial score (nSPS) is 11.3. The van der Waals surface area contributed by atoms with Crippen LogP contribution in [0.5, 0.6) is 0 Å². The van der Waals surface area contributed by atoms with Crippen molar-refractivity contribution < 1.29 is 14.4 Å². The third-order valence-corrected chi connectivity index (χ3v) is 3.79. The van der Waals surface area contributed by atoms with Crippen molar-refractivity contribution in [1.29, 1.82) is 0 Å². The van der Waals surface area contributed by atoms with E-state index in [4.69, 9.17) is 0 Å². The number of rotatable bonds is 7. The zero-order valence-electron chi connectivity index (χ0n) is 14.9. The maximum atomic E-state index is 12.9. The second kappa shape index (κ2) is 9.32. The summed E-state index contributed by atoms with van der Waals surface area (Å²) in [5, 5.41) is 5.35. The molecule has 0 unspecified atom stereocenters. The van der Waals surface area contributed by atoms with Crippen molar-refractivity contribution in [2.75, 3.05) is 6.54 Å². The molecule has 0 radical (unpaired) electrons. The molecule has 2 aromatic rings. The molecular weight excluding hydrogens is 328 g/mol. The van der Waals surface area contributed by atoms with E-state index in [0.29, 0.717) is 17.7 Å². The second-order valence-corrected chi connectivity index (χ2v) is 5.77. The van der Waals surface area contributed by atoms with Gasteiger partial charge in [0.2, 0.25) is 11.7 Å². The van der Waals surface area contributed by atoms with Crippen LogP contribution in [0.25, 0.3) is 0 Å². The Balaban J connectivity index is 2.36. The van der Waals surface area contributed by atoms with E-state index in [-0.39, 0.29) is 17.2 Å². The Labute approximate surface area is 153 Å². The van der Waals surface area contributed by atoms with Gasteiger partial charge in [-0.1, -0.05) is 55.5 Å². The average Bonchev–Trinajstić information content (AvgIpc) is 2.70. The monoisotopic (exact) mass is 350 g/mol. The minimum Gasteiger partial charge on any atom is -0.352 e. The Morgan fingerprint density at radius 1 is 0.846 bits per heavy atom. The predicted molar refractivity (Wildman–Crippen MR) is 101 cm³/mol. The Morgan fingerprint density at radius 2 is 1.38 bits per heavy atom. The highest BCUT2D eigenvalue weighted by Gasteiger charge is 2.21. The van der Waals surface area contributed by atoms with Gasteiger partial charge in [-0.05, 0) is 25.5 Å². The Hall–Kier alpha value is -3.21. The van der Waals surface area contributed by atoms with Crippen molar-refractivity contribution in [1.82, 2.24) is 10.6 Å². The molecule has 0 saturated carbocycles. The lowest BCUT2D eigenvalue weighted by Crippen LogP contribution is -2.33. The van der Waals surface area contributed by atoms with Gasteiger partial charge in [-0.2, -0.15) is 0 Å². The molecular formula is C21H22N2O3. The molecule has 2 aromatic carbocycles. The first-order valence-corrected chi connectivity index (χ1v) is 8.49. The van der Waals surface area contributed by atoms with Crippen LogP contribution in [0.3, 0.4) is 0 Å². The minimum absolute atomic E-state index is 0.0151. The summed E-state index contributed by atoms with van der Waals surface area (Å²) in [6, 6.07) is 17.1. The molecule has 26 heavy (non-hydrogen) atoms. The van der Waals surface area contributed by atoms with Gasteiger partial charge in [0.05, 0.1) is 5.70 Å². The van der Waals surface area contributed by atoms with Gasteiger partial charge in [0.25, 0.3) is 5.91 Å².